The summed E-state index contributed by atoms with van der Waals surface area (Å²) in [5, 5.41) is 3.66. The molecule has 2 aromatic carbocycles. The molecule has 3 rings (SSSR count). The zero-order chi connectivity index (χ0) is 15.9. The minimum absolute atomic E-state index is 0.636. The third-order valence-electron chi connectivity index (χ3n) is 4.53. The van der Waals surface area contributed by atoms with Gasteiger partial charge in [0.15, 0.2) is 0 Å². The average molecular weight is 306 g/mol. The van der Waals surface area contributed by atoms with Crippen LogP contribution in [0.4, 0.5) is 5.69 Å². The van der Waals surface area contributed by atoms with Gasteiger partial charge >= 0.3 is 0 Å². The smallest absolute Gasteiger partial charge is 0.0366 e. The van der Waals surface area contributed by atoms with E-state index >= 15 is 0 Å². The number of nitrogens with one attached hydrogen (secondary N) is 1. The molecule has 1 saturated heterocycles. The highest BCUT2D eigenvalue weighted by Gasteiger charge is 2.18. The zero-order valence-corrected chi connectivity index (χ0v) is 13.9. The van der Waals surface area contributed by atoms with Crippen molar-refractivity contribution in [3.05, 3.63) is 71.8 Å². The van der Waals surface area contributed by atoms with Gasteiger partial charge in [-0.15, -0.1) is 0 Å². The molecule has 0 aromatic heterocycles. The first kappa shape index (κ1) is 15.8. The molecule has 0 unspecified atom stereocenters. The molecular weight excluding hydrogens is 280 g/mol. The third kappa shape index (κ3) is 4.70. The number of nitrogens with zero attached hydrogens (tertiary/aromatic N) is 1. The van der Waals surface area contributed by atoms with E-state index in [1.54, 1.807) is 0 Å². The number of hydrogen-bond donors (Lipinski definition) is 1. The van der Waals surface area contributed by atoms with Gasteiger partial charge in [0.25, 0.3) is 0 Å². The molecule has 1 aliphatic rings. The molecule has 0 aliphatic carbocycles. The average Bonchev–Trinajstić information content (AvgIpc) is 2.61. The number of hydrogen-bond acceptors (Lipinski definition) is 2. The molecule has 0 spiro atoms. The van der Waals surface area contributed by atoms with Crippen LogP contribution >= 0.6 is 0 Å². The first-order valence-electron chi connectivity index (χ1n) is 8.58. The summed E-state index contributed by atoms with van der Waals surface area (Å²) in [7, 11) is 0. The second kappa shape index (κ2) is 7.98. The van der Waals surface area contributed by atoms with Crippen molar-refractivity contribution in [2.45, 2.75) is 25.8 Å². The van der Waals surface area contributed by atoms with E-state index in [9.17, 15) is 0 Å². The van der Waals surface area contributed by atoms with Crippen LogP contribution in [0.5, 0.6) is 0 Å². The van der Waals surface area contributed by atoms with E-state index < -0.39 is 0 Å². The van der Waals surface area contributed by atoms with E-state index in [0.29, 0.717) is 6.04 Å². The van der Waals surface area contributed by atoms with Crippen LogP contribution in [-0.2, 0) is 0 Å². The summed E-state index contributed by atoms with van der Waals surface area (Å²) >= 11 is 0. The Hall–Kier alpha value is -2.06. The predicted octanol–water partition coefficient (Wildman–Crippen LogP) is 4.27. The Morgan fingerprint density at radius 3 is 2.39 bits per heavy atom. The van der Waals surface area contributed by atoms with Gasteiger partial charge in [-0.25, -0.2) is 0 Å². The summed E-state index contributed by atoms with van der Waals surface area (Å²) in [6.45, 7) is 5.37. The van der Waals surface area contributed by atoms with Gasteiger partial charge in [-0.1, -0.05) is 60.2 Å². The Labute approximate surface area is 139 Å². The maximum atomic E-state index is 3.66. The lowest BCUT2D eigenvalue weighted by Gasteiger charge is -2.34. The molecule has 2 aromatic rings. The lowest BCUT2D eigenvalue weighted by molar-refractivity contribution is 0.430. The van der Waals surface area contributed by atoms with E-state index in [4.69, 9.17) is 0 Å². The van der Waals surface area contributed by atoms with Crippen molar-refractivity contribution in [1.29, 1.82) is 0 Å². The minimum Gasteiger partial charge on any atom is -0.371 e. The maximum Gasteiger partial charge on any atom is 0.0366 e. The summed E-state index contributed by atoms with van der Waals surface area (Å²) in [6.07, 6.45) is 6.84. The van der Waals surface area contributed by atoms with E-state index in [1.807, 2.05) is 0 Å². The van der Waals surface area contributed by atoms with Crippen LogP contribution in [0.2, 0.25) is 0 Å². The van der Waals surface area contributed by atoms with Crippen LogP contribution < -0.4 is 10.2 Å². The van der Waals surface area contributed by atoms with Crippen LogP contribution in [0.3, 0.4) is 0 Å². The van der Waals surface area contributed by atoms with Crippen LogP contribution in [0, 0.1) is 6.92 Å². The Bertz CT molecular complexity index is 608. The highest BCUT2D eigenvalue weighted by atomic mass is 15.1. The zero-order valence-electron chi connectivity index (χ0n) is 13.9. The molecule has 2 heteroatoms. The predicted molar refractivity (Wildman–Crippen MR) is 99.9 cm³/mol. The van der Waals surface area contributed by atoms with Crippen LogP contribution in [0.25, 0.3) is 6.08 Å². The molecule has 0 amide bonds. The third-order valence-corrected chi connectivity index (χ3v) is 4.53. The normalized spacial score (nSPS) is 16.1. The Kier molecular flexibility index (Phi) is 5.49. The number of piperidine rings is 1. The number of benzene rings is 2. The van der Waals surface area contributed by atoms with Gasteiger partial charge in [0.2, 0.25) is 0 Å². The number of aryl methyl sites for hydroxylation is 1. The van der Waals surface area contributed by atoms with E-state index in [2.05, 4.69) is 83.9 Å². The topological polar surface area (TPSA) is 15.3 Å². The van der Waals surface area contributed by atoms with Gasteiger partial charge in [0, 0.05) is 31.4 Å². The van der Waals surface area contributed by atoms with Gasteiger partial charge in [-0.3, -0.25) is 0 Å². The molecule has 120 valence electrons. The summed E-state index contributed by atoms with van der Waals surface area (Å²) in [6, 6.07) is 20.0. The lowest BCUT2D eigenvalue weighted by Crippen LogP contribution is -2.42. The van der Waals surface area contributed by atoms with Gasteiger partial charge in [0.1, 0.15) is 0 Å². The van der Waals surface area contributed by atoms with Crippen LogP contribution in [-0.4, -0.2) is 25.7 Å². The van der Waals surface area contributed by atoms with Gasteiger partial charge in [-0.2, -0.15) is 0 Å². The van der Waals surface area contributed by atoms with Crippen molar-refractivity contribution >= 4 is 11.8 Å². The quantitative estimate of drug-likeness (QED) is 0.887. The second-order valence-electron chi connectivity index (χ2n) is 6.32. The van der Waals surface area contributed by atoms with Gasteiger partial charge in [-0.05, 0) is 37.5 Å². The van der Waals surface area contributed by atoms with Crippen LogP contribution in [0.15, 0.2) is 60.7 Å². The fraction of sp³-hybridized carbons (Fsp3) is 0.333. The van der Waals surface area contributed by atoms with Crippen molar-refractivity contribution in [3.8, 4) is 0 Å². The number of anilines is 1. The lowest BCUT2D eigenvalue weighted by atomic mass is 10.0. The molecule has 1 aliphatic heterocycles. The van der Waals surface area contributed by atoms with Crippen molar-refractivity contribution < 1.29 is 0 Å². The highest BCUT2D eigenvalue weighted by Crippen LogP contribution is 2.20. The molecule has 1 N–H and O–H groups in total. The molecule has 2 nitrogen and oxygen atoms in total. The summed E-state index contributed by atoms with van der Waals surface area (Å²) in [4.78, 5) is 2.50. The summed E-state index contributed by atoms with van der Waals surface area (Å²) < 4.78 is 0. The van der Waals surface area contributed by atoms with Crippen molar-refractivity contribution in [3.63, 3.8) is 0 Å². The molecule has 0 atom stereocenters. The SMILES string of the molecule is Cc1ccc(N2CCC(NCC=Cc3ccccc3)CC2)cc1. The highest BCUT2D eigenvalue weighted by molar-refractivity contribution is 5.49. The molecule has 0 saturated carbocycles. The van der Waals surface area contributed by atoms with Crippen molar-refractivity contribution in [1.82, 2.24) is 5.32 Å². The van der Waals surface area contributed by atoms with Gasteiger partial charge in [0.05, 0.1) is 0 Å². The molecule has 23 heavy (non-hydrogen) atoms. The number of rotatable bonds is 5. The Balaban J connectivity index is 1.41. The fourth-order valence-corrected chi connectivity index (χ4v) is 3.09. The van der Waals surface area contributed by atoms with E-state index in [-0.39, 0.29) is 0 Å². The Morgan fingerprint density at radius 1 is 1.00 bits per heavy atom. The minimum atomic E-state index is 0.636. The van der Waals surface area contributed by atoms with Crippen molar-refractivity contribution in [2.24, 2.45) is 0 Å². The van der Waals surface area contributed by atoms with Gasteiger partial charge < -0.3 is 10.2 Å². The summed E-state index contributed by atoms with van der Waals surface area (Å²) in [5.74, 6) is 0. The van der Waals surface area contributed by atoms with Crippen LogP contribution in [0.1, 0.15) is 24.0 Å². The molecule has 0 radical (unpaired) electrons. The fourth-order valence-electron chi connectivity index (χ4n) is 3.09. The van der Waals surface area contributed by atoms with Crippen molar-refractivity contribution in [2.75, 3.05) is 24.5 Å². The second-order valence-corrected chi connectivity index (χ2v) is 6.32. The standard InChI is InChI=1S/C21H26N2/c1-18-9-11-21(12-10-18)23-16-13-20(14-17-23)22-15-5-8-19-6-3-2-4-7-19/h2-12,20,22H,13-17H2,1H3. The molecule has 1 fully saturated rings. The van der Waals surface area contributed by atoms with E-state index in [0.717, 1.165) is 19.6 Å². The first-order chi connectivity index (χ1) is 11.3. The molecular formula is C21H26N2. The van der Waals surface area contributed by atoms with E-state index in [1.165, 1.54) is 29.7 Å². The Morgan fingerprint density at radius 2 is 1.70 bits per heavy atom. The maximum absolute atomic E-state index is 3.66. The molecule has 1 heterocycles. The first-order valence-corrected chi connectivity index (χ1v) is 8.58. The molecule has 0 bridgehead atoms. The summed E-state index contributed by atoms with van der Waals surface area (Å²) in [5.41, 5.74) is 3.96. The largest absolute Gasteiger partial charge is 0.371 e. The monoisotopic (exact) mass is 306 g/mol.